The molecule has 6 heteroatoms. The predicted molar refractivity (Wildman–Crippen MR) is 59.3 cm³/mol. The van der Waals surface area contributed by atoms with Gasteiger partial charge < -0.3 is 20.4 Å². The quantitative estimate of drug-likeness (QED) is 0.463. The minimum atomic E-state index is -0.114. The summed E-state index contributed by atoms with van der Waals surface area (Å²) in [6, 6.07) is 0. The van der Waals surface area contributed by atoms with Crippen molar-refractivity contribution in [2.45, 2.75) is 6.42 Å². The third kappa shape index (κ3) is 0.909. The van der Waals surface area contributed by atoms with Crippen LogP contribution in [0.15, 0.2) is 0 Å². The Kier molecular flexibility index (Phi) is 1.59. The standard InChI is InChI=1S/C11H12N2O4/c1-12-8(14)4-3-5-7(6(4)10(12)16)11(17)13(2)9(5)15/h14-17H,3H2,1-2H3. The Labute approximate surface area is 96.6 Å². The molecule has 17 heavy (non-hydrogen) atoms. The molecule has 0 aliphatic heterocycles. The van der Waals surface area contributed by atoms with Crippen LogP contribution in [-0.2, 0) is 20.5 Å². The maximum Gasteiger partial charge on any atom is 0.202 e. The SMILES string of the molecule is Cn1c(O)c2c(c1O)-c1c(c(O)n(C)c1O)C2. The van der Waals surface area contributed by atoms with Crippen molar-refractivity contribution >= 4 is 0 Å². The van der Waals surface area contributed by atoms with E-state index in [0.717, 1.165) is 0 Å². The average Bonchev–Trinajstić information content (AvgIpc) is 2.86. The molecule has 2 heterocycles. The molecule has 0 amide bonds. The molecule has 1 aliphatic rings. The van der Waals surface area contributed by atoms with Gasteiger partial charge in [-0.05, 0) is 0 Å². The van der Waals surface area contributed by atoms with Crippen LogP contribution in [0, 0.1) is 0 Å². The van der Waals surface area contributed by atoms with Crippen LogP contribution >= 0.6 is 0 Å². The van der Waals surface area contributed by atoms with Gasteiger partial charge in [-0.25, -0.2) is 0 Å². The number of aromatic nitrogens is 2. The van der Waals surface area contributed by atoms with Gasteiger partial charge in [0.25, 0.3) is 0 Å². The van der Waals surface area contributed by atoms with Gasteiger partial charge in [0.1, 0.15) is 0 Å². The van der Waals surface area contributed by atoms with Gasteiger partial charge in [0.15, 0.2) is 11.8 Å². The van der Waals surface area contributed by atoms with E-state index in [0.29, 0.717) is 28.7 Å². The number of nitrogens with zero attached hydrogens (tertiary/aromatic N) is 2. The average molecular weight is 236 g/mol. The lowest BCUT2D eigenvalue weighted by Crippen LogP contribution is -1.89. The Bertz CT molecular complexity index is 595. The van der Waals surface area contributed by atoms with E-state index in [1.165, 1.54) is 23.2 Å². The molecule has 0 bridgehead atoms. The molecular weight excluding hydrogens is 224 g/mol. The van der Waals surface area contributed by atoms with Gasteiger partial charge in [0.05, 0.1) is 11.1 Å². The topological polar surface area (TPSA) is 90.8 Å². The fraction of sp³-hybridized carbons (Fsp3) is 0.273. The smallest absolute Gasteiger partial charge is 0.202 e. The van der Waals surface area contributed by atoms with Gasteiger partial charge in [0.2, 0.25) is 11.8 Å². The maximum absolute atomic E-state index is 9.91. The molecule has 0 unspecified atom stereocenters. The zero-order valence-electron chi connectivity index (χ0n) is 9.39. The van der Waals surface area contributed by atoms with Crippen LogP contribution in [0.3, 0.4) is 0 Å². The van der Waals surface area contributed by atoms with Crippen molar-refractivity contribution in [2.75, 3.05) is 0 Å². The van der Waals surface area contributed by atoms with E-state index < -0.39 is 0 Å². The van der Waals surface area contributed by atoms with Crippen LogP contribution in [-0.4, -0.2) is 29.6 Å². The first-order chi connectivity index (χ1) is 7.95. The molecule has 0 saturated carbocycles. The number of fused-ring (bicyclic) bond motifs is 3. The van der Waals surface area contributed by atoms with Crippen LogP contribution in [0.2, 0.25) is 0 Å². The predicted octanol–water partition coefficient (Wildman–Crippen LogP) is 0.757. The van der Waals surface area contributed by atoms with E-state index in [1.54, 1.807) is 0 Å². The van der Waals surface area contributed by atoms with Crippen LogP contribution in [0.25, 0.3) is 11.1 Å². The van der Waals surface area contributed by atoms with Crippen molar-refractivity contribution in [1.29, 1.82) is 0 Å². The zero-order chi connectivity index (χ0) is 12.5. The second-order valence-electron chi connectivity index (χ2n) is 4.30. The highest BCUT2D eigenvalue weighted by Crippen LogP contribution is 2.54. The van der Waals surface area contributed by atoms with Gasteiger partial charge in [-0.2, -0.15) is 0 Å². The van der Waals surface area contributed by atoms with Gasteiger partial charge in [0, 0.05) is 31.6 Å². The van der Waals surface area contributed by atoms with Crippen molar-refractivity contribution in [3.05, 3.63) is 11.1 Å². The third-order valence-electron chi connectivity index (χ3n) is 3.46. The summed E-state index contributed by atoms with van der Waals surface area (Å²) >= 11 is 0. The lowest BCUT2D eigenvalue weighted by molar-refractivity contribution is 0.384. The number of hydrogen-bond acceptors (Lipinski definition) is 4. The first-order valence-corrected chi connectivity index (χ1v) is 5.14. The highest BCUT2D eigenvalue weighted by atomic mass is 16.3. The first kappa shape index (κ1) is 9.95. The highest BCUT2D eigenvalue weighted by molar-refractivity contribution is 5.88. The molecule has 0 atom stereocenters. The first-order valence-electron chi connectivity index (χ1n) is 5.14. The summed E-state index contributed by atoms with van der Waals surface area (Å²) in [6.07, 6.45) is 0.297. The summed E-state index contributed by atoms with van der Waals surface area (Å²) in [6.45, 7) is 0. The third-order valence-corrected chi connectivity index (χ3v) is 3.46. The molecule has 0 radical (unpaired) electrons. The molecule has 3 rings (SSSR count). The molecule has 0 spiro atoms. The Balaban J connectivity index is 2.41. The van der Waals surface area contributed by atoms with E-state index in [2.05, 4.69) is 0 Å². The number of aromatic hydroxyl groups is 4. The second-order valence-corrected chi connectivity index (χ2v) is 4.30. The lowest BCUT2D eigenvalue weighted by atomic mass is 10.2. The molecule has 0 fully saturated rings. The molecular formula is C11H12N2O4. The van der Waals surface area contributed by atoms with Gasteiger partial charge >= 0.3 is 0 Å². The fourth-order valence-corrected chi connectivity index (χ4v) is 2.47. The molecule has 4 N–H and O–H groups in total. The summed E-state index contributed by atoms with van der Waals surface area (Å²) in [5.41, 5.74) is 1.85. The Morgan fingerprint density at radius 2 is 1.06 bits per heavy atom. The molecule has 1 aliphatic carbocycles. The van der Waals surface area contributed by atoms with Crippen molar-refractivity contribution in [1.82, 2.24) is 9.13 Å². The van der Waals surface area contributed by atoms with Crippen molar-refractivity contribution in [3.8, 4) is 34.6 Å². The van der Waals surface area contributed by atoms with Gasteiger partial charge in [-0.1, -0.05) is 0 Å². The monoisotopic (exact) mass is 236 g/mol. The molecule has 2 aromatic heterocycles. The Morgan fingerprint density at radius 1 is 0.706 bits per heavy atom. The molecule has 0 aromatic carbocycles. The molecule has 6 nitrogen and oxygen atoms in total. The fourth-order valence-electron chi connectivity index (χ4n) is 2.47. The number of rotatable bonds is 0. The largest absolute Gasteiger partial charge is 0.494 e. The lowest BCUT2D eigenvalue weighted by Gasteiger charge is -2.00. The van der Waals surface area contributed by atoms with Crippen LogP contribution in [0.4, 0.5) is 0 Å². The van der Waals surface area contributed by atoms with Crippen molar-refractivity contribution < 1.29 is 20.4 Å². The van der Waals surface area contributed by atoms with Crippen molar-refractivity contribution in [2.24, 2.45) is 14.1 Å². The highest BCUT2D eigenvalue weighted by Gasteiger charge is 2.36. The van der Waals surface area contributed by atoms with Gasteiger partial charge in [-0.3, -0.25) is 9.13 Å². The zero-order valence-corrected chi connectivity index (χ0v) is 9.39. The van der Waals surface area contributed by atoms with Gasteiger partial charge in [-0.15, -0.1) is 0 Å². The van der Waals surface area contributed by atoms with Crippen LogP contribution in [0.5, 0.6) is 23.5 Å². The Hall–Kier alpha value is -2.24. The summed E-state index contributed by atoms with van der Waals surface area (Å²) in [7, 11) is 3.06. The maximum atomic E-state index is 9.91. The van der Waals surface area contributed by atoms with E-state index in [9.17, 15) is 20.4 Å². The summed E-state index contributed by atoms with van der Waals surface area (Å²) in [5.74, 6) is -0.320. The second kappa shape index (κ2) is 2.71. The molecule has 0 saturated heterocycles. The molecule has 2 aromatic rings. The minimum absolute atomic E-state index is 0.0462. The van der Waals surface area contributed by atoms with E-state index in [4.69, 9.17) is 0 Å². The van der Waals surface area contributed by atoms with Crippen LogP contribution < -0.4 is 0 Å². The van der Waals surface area contributed by atoms with Crippen LogP contribution in [0.1, 0.15) is 11.1 Å². The summed E-state index contributed by atoms with van der Waals surface area (Å²) < 4.78 is 2.49. The Morgan fingerprint density at radius 3 is 1.41 bits per heavy atom. The number of hydrogen-bond donors (Lipinski definition) is 4. The normalized spacial score (nSPS) is 12.8. The van der Waals surface area contributed by atoms with E-state index >= 15 is 0 Å². The molecule has 90 valence electrons. The summed E-state index contributed by atoms with van der Waals surface area (Å²) in [5, 5.41) is 39.5. The van der Waals surface area contributed by atoms with Crippen molar-refractivity contribution in [3.63, 3.8) is 0 Å². The summed E-state index contributed by atoms with van der Waals surface area (Å²) in [4.78, 5) is 0. The minimum Gasteiger partial charge on any atom is -0.494 e. The van der Waals surface area contributed by atoms with E-state index in [-0.39, 0.29) is 23.5 Å². The van der Waals surface area contributed by atoms with E-state index in [1.807, 2.05) is 0 Å².